The first kappa shape index (κ1) is 20.7. The van der Waals surface area contributed by atoms with Crippen LogP contribution >= 0.6 is 15.9 Å². The third-order valence-corrected chi connectivity index (χ3v) is 6.50. The van der Waals surface area contributed by atoms with Gasteiger partial charge in [0.05, 0.1) is 28.9 Å². The van der Waals surface area contributed by atoms with Crippen LogP contribution in [0.4, 0.5) is 0 Å². The Morgan fingerprint density at radius 3 is 2.44 bits per heavy atom. The highest BCUT2D eigenvalue weighted by atomic mass is 79.9. The lowest BCUT2D eigenvalue weighted by atomic mass is 10.1. The summed E-state index contributed by atoms with van der Waals surface area (Å²) >= 11 is 3.49. The van der Waals surface area contributed by atoms with Gasteiger partial charge in [0.1, 0.15) is 6.10 Å². The number of fused-ring (bicyclic) bond motifs is 3. The van der Waals surface area contributed by atoms with Crippen molar-refractivity contribution in [2.24, 2.45) is 14.1 Å². The van der Waals surface area contributed by atoms with Gasteiger partial charge in [-0.2, -0.15) is 0 Å². The molecular formula is C25H22BrN3O3. The monoisotopic (exact) mass is 491 g/mol. The fourth-order valence-corrected chi connectivity index (χ4v) is 4.69. The van der Waals surface area contributed by atoms with E-state index < -0.39 is 0 Å². The van der Waals surface area contributed by atoms with Crippen molar-refractivity contribution in [3.63, 3.8) is 0 Å². The second-order valence-electron chi connectivity index (χ2n) is 7.88. The lowest BCUT2D eigenvalue weighted by molar-refractivity contribution is 0.0532. The smallest absolute Gasteiger partial charge is 0.331 e. The molecule has 0 aliphatic carbocycles. The fourth-order valence-electron chi connectivity index (χ4n) is 4.43. The molecular weight excluding hydrogens is 470 g/mol. The third kappa shape index (κ3) is 3.29. The summed E-state index contributed by atoms with van der Waals surface area (Å²) in [6.07, 6.45) is 3.62. The van der Waals surface area contributed by atoms with Crippen LogP contribution in [0.2, 0.25) is 0 Å². The number of ether oxygens (including phenoxy) is 1. The number of hydrogen-bond acceptors (Lipinski definition) is 3. The summed E-state index contributed by atoms with van der Waals surface area (Å²) < 4.78 is 12.0. The average Bonchev–Trinajstić information content (AvgIpc) is 3.17. The largest absolute Gasteiger partial charge is 0.366 e. The molecule has 0 bridgehead atoms. The molecule has 1 aliphatic rings. The summed E-state index contributed by atoms with van der Waals surface area (Å²) in [6, 6.07) is 17.9. The van der Waals surface area contributed by atoms with Gasteiger partial charge >= 0.3 is 5.69 Å². The van der Waals surface area contributed by atoms with Gasteiger partial charge in [0, 0.05) is 25.1 Å². The number of benzene rings is 2. The van der Waals surface area contributed by atoms with Crippen molar-refractivity contribution in [3.8, 4) is 11.3 Å². The number of hydrogen-bond donors (Lipinski definition) is 0. The molecule has 0 spiro atoms. The molecule has 2 aromatic carbocycles. The quantitative estimate of drug-likeness (QED) is 0.430. The van der Waals surface area contributed by atoms with Crippen LogP contribution in [-0.4, -0.2) is 20.3 Å². The Labute approximate surface area is 193 Å². The Morgan fingerprint density at radius 1 is 1.00 bits per heavy atom. The molecule has 2 aromatic heterocycles. The normalized spacial score (nSPS) is 16.0. The van der Waals surface area contributed by atoms with Gasteiger partial charge in [-0.3, -0.25) is 13.9 Å². The van der Waals surface area contributed by atoms with E-state index in [1.807, 2.05) is 66.7 Å². The van der Waals surface area contributed by atoms with Crippen molar-refractivity contribution in [2.75, 3.05) is 6.61 Å². The Balaban J connectivity index is 1.83. The summed E-state index contributed by atoms with van der Waals surface area (Å²) in [5.41, 5.74) is 3.60. The van der Waals surface area contributed by atoms with Crippen LogP contribution < -0.4 is 11.2 Å². The van der Waals surface area contributed by atoms with Gasteiger partial charge < -0.3 is 9.30 Å². The standard InChI is InChI=1S/C25H22BrN3O3/c1-27-23-20(24(30)28(2)25(27)31)21(17-9-11-18(26)12-10-17)29-14-15-32-19(22(23)29)13-8-16-6-4-3-5-7-16/h3-13,19H,14-15H2,1-2H3/b13-8+/t19-/m0/s1. The molecule has 0 unspecified atom stereocenters. The molecule has 0 amide bonds. The van der Waals surface area contributed by atoms with E-state index >= 15 is 0 Å². The highest BCUT2D eigenvalue weighted by Gasteiger charge is 2.31. The molecule has 4 aromatic rings. The lowest BCUT2D eigenvalue weighted by Crippen LogP contribution is -2.37. The Bertz CT molecular complexity index is 1460. The van der Waals surface area contributed by atoms with Crippen LogP contribution in [0.1, 0.15) is 17.4 Å². The molecule has 1 atom stereocenters. The van der Waals surface area contributed by atoms with E-state index in [-0.39, 0.29) is 17.4 Å². The molecule has 0 N–H and O–H groups in total. The first-order chi connectivity index (χ1) is 15.5. The SMILES string of the molecule is Cn1c(=O)c2c(-c3ccc(Br)cc3)n3c(c2n(C)c1=O)[C@H](/C=C/c1ccccc1)OCC3. The van der Waals surface area contributed by atoms with E-state index in [1.165, 1.54) is 11.6 Å². The summed E-state index contributed by atoms with van der Waals surface area (Å²) in [7, 11) is 3.23. The summed E-state index contributed by atoms with van der Waals surface area (Å²) in [5, 5.41) is 0.538. The minimum atomic E-state index is -0.381. The van der Waals surface area contributed by atoms with Crippen LogP contribution in [0, 0.1) is 0 Å². The highest BCUT2D eigenvalue weighted by molar-refractivity contribution is 9.10. The molecule has 162 valence electrons. The van der Waals surface area contributed by atoms with E-state index in [1.54, 1.807) is 11.6 Å². The van der Waals surface area contributed by atoms with Crippen molar-refractivity contribution < 1.29 is 4.74 Å². The molecule has 6 nitrogen and oxygen atoms in total. The first-order valence-corrected chi connectivity index (χ1v) is 11.2. The van der Waals surface area contributed by atoms with E-state index in [2.05, 4.69) is 20.5 Å². The highest BCUT2D eigenvalue weighted by Crippen LogP contribution is 2.38. The van der Waals surface area contributed by atoms with Crippen molar-refractivity contribution in [1.82, 2.24) is 13.7 Å². The van der Waals surface area contributed by atoms with E-state index in [0.29, 0.717) is 24.1 Å². The topological polar surface area (TPSA) is 58.2 Å². The number of aromatic nitrogens is 3. The second-order valence-corrected chi connectivity index (χ2v) is 8.80. The molecule has 0 saturated heterocycles. The number of halogens is 1. The maximum atomic E-state index is 13.3. The summed E-state index contributed by atoms with van der Waals surface area (Å²) in [4.78, 5) is 26.2. The molecule has 3 heterocycles. The van der Waals surface area contributed by atoms with Gasteiger partial charge in [-0.25, -0.2) is 4.79 Å². The van der Waals surface area contributed by atoms with Crippen LogP contribution in [-0.2, 0) is 25.4 Å². The second kappa shape index (κ2) is 8.07. The van der Waals surface area contributed by atoms with Crippen molar-refractivity contribution in [1.29, 1.82) is 0 Å². The minimum Gasteiger partial charge on any atom is -0.366 e. The maximum Gasteiger partial charge on any atom is 0.331 e. The van der Waals surface area contributed by atoms with E-state index in [9.17, 15) is 9.59 Å². The zero-order valence-corrected chi connectivity index (χ0v) is 19.4. The van der Waals surface area contributed by atoms with Gasteiger partial charge in [-0.1, -0.05) is 64.5 Å². The van der Waals surface area contributed by atoms with Crippen LogP contribution in [0.15, 0.2) is 74.7 Å². The van der Waals surface area contributed by atoms with Crippen LogP contribution in [0.5, 0.6) is 0 Å². The number of rotatable bonds is 3. The van der Waals surface area contributed by atoms with Crippen molar-refractivity contribution >= 4 is 32.9 Å². The summed E-state index contributed by atoms with van der Waals surface area (Å²) in [5.74, 6) is 0. The lowest BCUT2D eigenvalue weighted by Gasteiger charge is -2.25. The maximum absolute atomic E-state index is 13.3. The number of aryl methyl sites for hydroxylation is 1. The Hall–Kier alpha value is -3.16. The molecule has 7 heteroatoms. The average molecular weight is 492 g/mol. The molecule has 0 radical (unpaired) electrons. The minimum absolute atomic E-state index is 0.297. The van der Waals surface area contributed by atoms with Crippen molar-refractivity contribution in [3.05, 3.63) is 97.2 Å². The number of nitrogens with zero attached hydrogens (tertiary/aromatic N) is 3. The van der Waals surface area contributed by atoms with Gasteiger partial charge in [-0.15, -0.1) is 0 Å². The molecule has 1 aliphatic heterocycles. The predicted molar refractivity (Wildman–Crippen MR) is 130 cm³/mol. The van der Waals surface area contributed by atoms with Gasteiger partial charge in [0.15, 0.2) is 0 Å². The van der Waals surface area contributed by atoms with Gasteiger partial charge in [0.2, 0.25) is 0 Å². The predicted octanol–water partition coefficient (Wildman–Crippen LogP) is 4.25. The van der Waals surface area contributed by atoms with E-state index in [0.717, 1.165) is 27.0 Å². The molecule has 32 heavy (non-hydrogen) atoms. The summed E-state index contributed by atoms with van der Waals surface area (Å²) in [6.45, 7) is 1.11. The van der Waals surface area contributed by atoms with Crippen LogP contribution in [0.25, 0.3) is 28.2 Å². The van der Waals surface area contributed by atoms with Gasteiger partial charge in [-0.05, 0) is 29.3 Å². The molecule has 5 rings (SSSR count). The zero-order chi connectivity index (χ0) is 22.4. The Kier molecular flexibility index (Phi) is 5.23. The first-order valence-electron chi connectivity index (χ1n) is 10.4. The van der Waals surface area contributed by atoms with Crippen molar-refractivity contribution in [2.45, 2.75) is 12.6 Å². The van der Waals surface area contributed by atoms with Crippen LogP contribution in [0.3, 0.4) is 0 Å². The van der Waals surface area contributed by atoms with E-state index in [4.69, 9.17) is 4.74 Å². The molecule has 0 fully saturated rings. The zero-order valence-electron chi connectivity index (χ0n) is 17.8. The third-order valence-electron chi connectivity index (χ3n) is 5.97. The Morgan fingerprint density at radius 2 is 1.72 bits per heavy atom. The van der Waals surface area contributed by atoms with Gasteiger partial charge in [0.25, 0.3) is 5.56 Å². The fraction of sp³-hybridized carbons (Fsp3) is 0.200. The molecule has 0 saturated carbocycles.